The van der Waals surface area contributed by atoms with Gasteiger partial charge in [0.05, 0.1) is 5.75 Å². The van der Waals surface area contributed by atoms with E-state index in [1.54, 1.807) is 6.92 Å². The second kappa shape index (κ2) is 7.05. The number of halogens is 1. The maximum absolute atomic E-state index is 11.7. The number of benzene rings is 1. The Kier molecular flexibility index (Phi) is 6.00. The molecular formula is C13H18BrNO3S. The number of hydrogen-bond donors (Lipinski definition) is 1. The molecule has 1 atom stereocenters. The minimum atomic E-state index is -3.06. The summed E-state index contributed by atoms with van der Waals surface area (Å²) in [5.41, 5.74) is 1.08. The fourth-order valence-electron chi connectivity index (χ4n) is 1.75. The van der Waals surface area contributed by atoms with Gasteiger partial charge in [-0.15, -0.1) is 0 Å². The first-order valence-corrected chi connectivity index (χ1v) is 8.83. The number of hydrogen-bond acceptors (Lipinski definition) is 3. The molecule has 1 aromatic rings. The Hall–Kier alpha value is -0.880. The molecule has 1 rings (SSSR count). The van der Waals surface area contributed by atoms with Crippen LogP contribution in [-0.2, 0) is 21.1 Å². The van der Waals surface area contributed by atoms with Crippen LogP contribution in [0.3, 0.4) is 0 Å². The van der Waals surface area contributed by atoms with Crippen molar-refractivity contribution in [3.05, 3.63) is 34.3 Å². The van der Waals surface area contributed by atoms with Gasteiger partial charge in [0.15, 0.2) is 0 Å². The number of sulfone groups is 1. The Morgan fingerprint density at radius 1 is 1.32 bits per heavy atom. The smallest absolute Gasteiger partial charge is 0.220 e. The van der Waals surface area contributed by atoms with Crippen molar-refractivity contribution in [2.75, 3.05) is 12.0 Å². The summed E-state index contributed by atoms with van der Waals surface area (Å²) in [4.78, 5) is 11.7. The zero-order chi connectivity index (χ0) is 14.5. The molecule has 0 radical (unpaired) electrons. The van der Waals surface area contributed by atoms with Gasteiger partial charge < -0.3 is 5.32 Å². The number of carbonyl (C=O) groups excluding carboxylic acids is 1. The first kappa shape index (κ1) is 16.2. The van der Waals surface area contributed by atoms with Gasteiger partial charge in [-0.2, -0.15) is 0 Å². The van der Waals surface area contributed by atoms with E-state index >= 15 is 0 Å². The summed E-state index contributed by atoms with van der Waals surface area (Å²) in [6, 6.07) is 7.42. The molecule has 0 fully saturated rings. The van der Waals surface area contributed by atoms with E-state index in [1.165, 1.54) is 0 Å². The first-order chi connectivity index (χ1) is 8.76. The van der Waals surface area contributed by atoms with E-state index in [0.717, 1.165) is 16.3 Å². The van der Waals surface area contributed by atoms with Gasteiger partial charge in [-0.1, -0.05) is 28.1 Å². The van der Waals surface area contributed by atoms with Gasteiger partial charge in [0, 0.05) is 23.2 Å². The average molecular weight is 348 g/mol. The number of rotatable bonds is 6. The molecule has 0 aliphatic heterocycles. The van der Waals surface area contributed by atoms with Gasteiger partial charge in [0.1, 0.15) is 9.84 Å². The van der Waals surface area contributed by atoms with Crippen molar-refractivity contribution in [1.29, 1.82) is 0 Å². The van der Waals surface area contributed by atoms with Crippen molar-refractivity contribution in [2.45, 2.75) is 25.8 Å². The zero-order valence-electron chi connectivity index (χ0n) is 11.0. The molecule has 0 saturated carbocycles. The molecule has 1 aromatic carbocycles. The molecule has 106 valence electrons. The van der Waals surface area contributed by atoms with Crippen LogP contribution in [-0.4, -0.2) is 32.4 Å². The number of aryl methyl sites for hydroxylation is 1. The molecule has 6 heteroatoms. The minimum Gasteiger partial charge on any atom is -0.353 e. The average Bonchev–Trinajstić information content (AvgIpc) is 2.25. The predicted molar refractivity (Wildman–Crippen MR) is 79.8 cm³/mol. The molecule has 1 amide bonds. The molecule has 0 aliphatic rings. The lowest BCUT2D eigenvalue weighted by Crippen LogP contribution is -2.37. The van der Waals surface area contributed by atoms with Crippen LogP contribution in [0, 0.1) is 0 Å². The summed E-state index contributed by atoms with van der Waals surface area (Å²) in [6.45, 7) is 1.69. The second-order valence-electron chi connectivity index (χ2n) is 4.69. The topological polar surface area (TPSA) is 63.2 Å². The fourth-order valence-corrected chi connectivity index (χ4v) is 3.01. The van der Waals surface area contributed by atoms with E-state index in [-0.39, 0.29) is 17.7 Å². The van der Waals surface area contributed by atoms with Crippen LogP contribution >= 0.6 is 15.9 Å². The highest BCUT2D eigenvalue weighted by atomic mass is 79.9. The van der Waals surface area contributed by atoms with Crippen LogP contribution < -0.4 is 5.32 Å². The van der Waals surface area contributed by atoms with Crippen molar-refractivity contribution >= 4 is 31.7 Å². The summed E-state index contributed by atoms with van der Waals surface area (Å²) in [7, 11) is -3.06. The van der Waals surface area contributed by atoms with Gasteiger partial charge in [-0.25, -0.2) is 8.42 Å². The van der Waals surface area contributed by atoms with E-state index in [2.05, 4.69) is 21.2 Å². The van der Waals surface area contributed by atoms with Gasteiger partial charge in [-0.3, -0.25) is 4.79 Å². The van der Waals surface area contributed by atoms with E-state index in [1.807, 2.05) is 24.3 Å². The molecule has 0 saturated heterocycles. The molecule has 0 aromatic heterocycles. The van der Waals surface area contributed by atoms with Crippen molar-refractivity contribution in [3.63, 3.8) is 0 Å². The molecule has 1 N–H and O–H groups in total. The fraction of sp³-hybridized carbons (Fsp3) is 0.462. The SMILES string of the molecule is CC(CS(C)(=O)=O)NC(=O)CCc1ccc(Br)cc1. The van der Waals surface area contributed by atoms with Crippen molar-refractivity contribution in [1.82, 2.24) is 5.32 Å². The lowest BCUT2D eigenvalue weighted by Gasteiger charge is -2.12. The van der Waals surface area contributed by atoms with Crippen LogP contribution in [0.5, 0.6) is 0 Å². The number of carbonyl (C=O) groups is 1. The van der Waals surface area contributed by atoms with E-state index in [4.69, 9.17) is 0 Å². The minimum absolute atomic E-state index is 0.0307. The lowest BCUT2D eigenvalue weighted by atomic mass is 10.1. The molecule has 0 bridgehead atoms. The number of amides is 1. The molecule has 0 spiro atoms. The second-order valence-corrected chi connectivity index (χ2v) is 7.79. The van der Waals surface area contributed by atoms with E-state index < -0.39 is 9.84 Å². The van der Waals surface area contributed by atoms with Gasteiger partial charge in [0.25, 0.3) is 0 Å². The van der Waals surface area contributed by atoms with Gasteiger partial charge in [-0.05, 0) is 31.0 Å². The normalized spacial score (nSPS) is 13.0. The third-order valence-corrected chi connectivity index (χ3v) is 4.15. The highest BCUT2D eigenvalue weighted by molar-refractivity contribution is 9.10. The lowest BCUT2D eigenvalue weighted by molar-refractivity contribution is -0.121. The Bertz CT molecular complexity index is 525. The monoisotopic (exact) mass is 347 g/mol. The Labute approximate surface area is 122 Å². The van der Waals surface area contributed by atoms with Crippen molar-refractivity contribution < 1.29 is 13.2 Å². The Morgan fingerprint density at radius 3 is 2.42 bits per heavy atom. The van der Waals surface area contributed by atoms with Crippen LogP contribution in [0.2, 0.25) is 0 Å². The van der Waals surface area contributed by atoms with Gasteiger partial charge >= 0.3 is 0 Å². The quantitative estimate of drug-likeness (QED) is 0.855. The highest BCUT2D eigenvalue weighted by Crippen LogP contribution is 2.11. The highest BCUT2D eigenvalue weighted by Gasteiger charge is 2.12. The third kappa shape index (κ3) is 7.32. The zero-order valence-corrected chi connectivity index (χ0v) is 13.4. The van der Waals surface area contributed by atoms with E-state index in [9.17, 15) is 13.2 Å². The standard InChI is InChI=1S/C13H18BrNO3S/c1-10(9-19(2,17)18)15-13(16)8-5-11-3-6-12(14)7-4-11/h3-4,6-7,10H,5,8-9H2,1-2H3,(H,15,16). The first-order valence-electron chi connectivity index (χ1n) is 5.98. The molecule has 4 nitrogen and oxygen atoms in total. The van der Waals surface area contributed by atoms with Crippen LogP contribution in [0.1, 0.15) is 18.9 Å². The summed E-state index contributed by atoms with van der Waals surface area (Å²) >= 11 is 3.35. The van der Waals surface area contributed by atoms with Crippen LogP contribution in [0.25, 0.3) is 0 Å². The molecular weight excluding hydrogens is 330 g/mol. The Balaban J connectivity index is 2.37. The van der Waals surface area contributed by atoms with Crippen LogP contribution in [0.4, 0.5) is 0 Å². The number of nitrogens with one attached hydrogen (secondary N) is 1. The molecule has 19 heavy (non-hydrogen) atoms. The summed E-state index contributed by atoms with van der Waals surface area (Å²) in [5, 5.41) is 2.69. The molecule has 0 aliphatic carbocycles. The van der Waals surface area contributed by atoms with Gasteiger partial charge in [0.2, 0.25) is 5.91 Å². The summed E-state index contributed by atoms with van der Waals surface area (Å²) in [5.74, 6) is -0.157. The predicted octanol–water partition coefficient (Wildman–Crippen LogP) is 1.93. The van der Waals surface area contributed by atoms with E-state index in [0.29, 0.717) is 12.8 Å². The van der Waals surface area contributed by atoms with Crippen LogP contribution in [0.15, 0.2) is 28.7 Å². The van der Waals surface area contributed by atoms with Crippen molar-refractivity contribution in [2.24, 2.45) is 0 Å². The van der Waals surface area contributed by atoms with Crippen molar-refractivity contribution in [3.8, 4) is 0 Å². The summed E-state index contributed by atoms with van der Waals surface area (Å²) in [6.07, 6.45) is 2.16. The molecule has 1 unspecified atom stereocenters. The summed E-state index contributed by atoms with van der Waals surface area (Å²) < 4.78 is 23.2. The largest absolute Gasteiger partial charge is 0.353 e. The maximum atomic E-state index is 11.7. The molecule has 0 heterocycles. The maximum Gasteiger partial charge on any atom is 0.220 e. The third-order valence-electron chi connectivity index (χ3n) is 2.51. The Morgan fingerprint density at radius 2 is 1.89 bits per heavy atom.